The maximum absolute atomic E-state index is 13.1. The maximum Gasteiger partial charge on any atom is 0.337 e. The first-order valence-electron chi connectivity index (χ1n) is 5.59. The number of carbonyl (C=O) groups is 3. The highest BCUT2D eigenvalue weighted by molar-refractivity contribution is 7.99. The minimum atomic E-state index is -1.26. The zero-order chi connectivity index (χ0) is 15.1. The van der Waals surface area contributed by atoms with E-state index in [1.165, 1.54) is 11.8 Å². The van der Waals surface area contributed by atoms with E-state index >= 15 is 0 Å². The maximum atomic E-state index is 13.1. The molecule has 0 aliphatic heterocycles. The normalized spacial score (nSPS) is 10.1. The van der Waals surface area contributed by atoms with E-state index in [1.54, 1.807) is 0 Å². The van der Waals surface area contributed by atoms with Gasteiger partial charge in [0.2, 0.25) is 11.8 Å². The van der Waals surface area contributed by atoms with Gasteiger partial charge in [-0.15, -0.1) is 0 Å². The van der Waals surface area contributed by atoms with Crippen LogP contribution in [0, 0.1) is 5.82 Å². The van der Waals surface area contributed by atoms with Crippen molar-refractivity contribution in [2.75, 3.05) is 16.8 Å². The molecule has 1 aromatic carbocycles. The Morgan fingerprint density at radius 2 is 2.05 bits per heavy atom. The Labute approximate surface area is 118 Å². The number of hydrogen-bond acceptors (Lipinski definition) is 4. The van der Waals surface area contributed by atoms with Gasteiger partial charge in [0.25, 0.3) is 0 Å². The number of nitrogens with two attached hydrogens (primary N) is 1. The first kappa shape index (κ1) is 16.0. The molecule has 20 heavy (non-hydrogen) atoms. The number of carbonyl (C=O) groups excluding carboxylic acids is 2. The molecule has 0 aromatic heterocycles. The van der Waals surface area contributed by atoms with E-state index in [1.807, 2.05) is 0 Å². The average molecular weight is 300 g/mol. The molecule has 6 nitrogen and oxygen atoms in total. The number of carboxylic acid groups (broad SMARTS) is 1. The van der Waals surface area contributed by atoms with E-state index < -0.39 is 23.6 Å². The lowest BCUT2D eigenvalue weighted by atomic mass is 10.1. The molecular formula is C12H13FN2O4S. The summed E-state index contributed by atoms with van der Waals surface area (Å²) in [6.45, 7) is 0. The molecule has 0 fully saturated rings. The first-order chi connectivity index (χ1) is 9.40. The Morgan fingerprint density at radius 3 is 2.65 bits per heavy atom. The van der Waals surface area contributed by atoms with Crippen LogP contribution >= 0.6 is 11.8 Å². The minimum Gasteiger partial charge on any atom is -0.478 e. The molecule has 0 unspecified atom stereocenters. The van der Waals surface area contributed by atoms with Crippen LogP contribution in [0.4, 0.5) is 10.1 Å². The summed E-state index contributed by atoms with van der Waals surface area (Å²) < 4.78 is 13.1. The van der Waals surface area contributed by atoms with Crippen molar-refractivity contribution in [3.8, 4) is 0 Å². The van der Waals surface area contributed by atoms with Crippen LogP contribution in [0.15, 0.2) is 18.2 Å². The van der Waals surface area contributed by atoms with Crippen molar-refractivity contribution in [3.05, 3.63) is 29.6 Å². The fraction of sp³-hybridized carbons (Fsp3) is 0.250. The van der Waals surface area contributed by atoms with Gasteiger partial charge in [-0.3, -0.25) is 9.59 Å². The second-order valence-corrected chi connectivity index (χ2v) is 4.92. The SMILES string of the molecule is NC(=O)CSCCC(=O)Nc1cc(F)ccc1C(=O)O. The summed E-state index contributed by atoms with van der Waals surface area (Å²) in [7, 11) is 0. The summed E-state index contributed by atoms with van der Waals surface area (Å²) in [6.07, 6.45) is 0.0630. The Hall–Kier alpha value is -2.09. The van der Waals surface area contributed by atoms with Gasteiger partial charge in [-0.2, -0.15) is 11.8 Å². The number of aromatic carboxylic acids is 1. The number of thioether (sulfide) groups is 1. The molecule has 2 amide bonds. The fourth-order valence-electron chi connectivity index (χ4n) is 1.36. The number of nitrogens with one attached hydrogen (secondary N) is 1. The molecule has 0 bridgehead atoms. The van der Waals surface area contributed by atoms with Crippen LogP contribution in [-0.2, 0) is 9.59 Å². The summed E-state index contributed by atoms with van der Waals surface area (Å²) >= 11 is 1.19. The fourth-order valence-corrected chi connectivity index (χ4v) is 2.03. The lowest BCUT2D eigenvalue weighted by Gasteiger charge is -2.08. The number of anilines is 1. The van der Waals surface area contributed by atoms with Crippen molar-refractivity contribution in [3.63, 3.8) is 0 Å². The third kappa shape index (κ3) is 5.27. The average Bonchev–Trinajstić information content (AvgIpc) is 2.34. The summed E-state index contributed by atoms with van der Waals surface area (Å²) in [5, 5.41) is 11.2. The van der Waals surface area contributed by atoms with Gasteiger partial charge in [-0.25, -0.2) is 9.18 Å². The first-order valence-corrected chi connectivity index (χ1v) is 6.74. The van der Waals surface area contributed by atoms with E-state index in [-0.39, 0.29) is 23.4 Å². The second kappa shape index (κ2) is 7.49. The molecule has 0 saturated heterocycles. The summed E-state index contributed by atoms with van der Waals surface area (Å²) in [5.74, 6) is -2.39. The number of carboxylic acids is 1. The van der Waals surface area contributed by atoms with Crippen molar-refractivity contribution in [1.82, 2.24) is 0 Å². The van der Waals surface area contributed by atoms with E-state index in [0.717, 1.165) is 18.2 Å². The summed E-state index contributed by atoms with van der Waals surface area (Å²) in [5.41, 5.74) is 4.65. The van der Waals surface area contributed by atoms with Crippen LogP contribution in [0.3, 0.4) is 0 Å². The molecule has 0 radical (unpaired) electrons. The monoisotopic (exact) mass is 300 g/mol. The van der Waals surface area contributed by atoms with Gasteiger partial charge in [0.1, 0.15) is 5.82 Å². The molecule has 0 aliphatic rings. The molecule has 4 N–H and O–H groups in total. The van der Waals surface area contributed by atoms with Crippen LogP contribution in [-0.4, -0.2) is 34.4 Å². The van der Waals surface area contributed by atoms with Gasteiger partial charge in [-0.05, 0) is 18.2 Å². The molecule has 1 aromatic rings. The van der Waals surface area contributed by atoms with E-state index in [4.69, 9.17) is 10.8 Å². The van der Waals surface area contributed by atoms with Crippen molar-refractivity contribution < 1.29 is 23.9 Å². The Bertz CT molecular complexity index is 536. The van der Waals surface area contributed by atoms with Crippen LogP contribution in [0.1, 0.15) is 16.8 Å². The largest absolute Gasteiger partial charge is 0.478 e. The third-order valence-electron chi connectivity index (χ3n) is 2.20. The predicted octanol–water partition coefficient (Wildman–Crippen LogP) is 1.07. The van der Waals surface area contributed by atoms with Crippen molar-refractivity contribution in [2.45, 2.75) is 6.42 Å². The number of rotatable bonds is 7. The lowest BCUT2D eigenvalue weighted by Crippen LogP contribution is -2.17. The second-order valence-electron chi connectivity index (χ2n) is 3.81. The number of hydrogen-bond donors (Lipinski definition) is 3. The minimum absolute atomic E-state index is 0.0630. The highest BCUT2D eigenvalue weighted by atomic mass is 32.2. The van der Waals surface area contributed by atoms with Crippen LogP contribution < -0.4 is 11.1 Å². The topological polar surface area (TPSA) is 109 Å². The van der Waals surface area contributed by atoms with Gasteiger partial charge in [0.05, 0.1) is 17.0 Å². The Kier molecular flexibility index (Phi) is 5.98. The zero-order valence-corrected chi connectivity index (χ0v) is 11.2. The smallest absolute Gasteiger partial charge is 0.337 e. The van der Waals surface area contributed by atoms with Crippen molar-refractivity contribution >= 4 is 35.2 Å². The van der Waals surface area contributed by atoms with Crippen LogP contribution in [0.5, 0.6) is 0 Å². The highest BCUT2D eigenvalue weighted by Gasteiger charge is 2.13. The number of benzene rings is 1. The molecule has 108 valence electrons. The molecule has 1 rings (SSSR count). The van der Waals surface area contributed by atoms with E-state index in [0.29, 0.717) is 5.75 Å². The van der Waals surface area contributed by atoms with Gasteiger partial charge in [0, 0.05) is 12.2 Å². The van der Waals surface area contributed by atoms with Crippen molar-refractivity contribution in [1.29, 1.82) is 0 Å². The van der Waals surface area contributed by atoms with Gasteiger partial charge < -0.3 is 16.2 Å². The standard InChI is InChI=1S/C12H13FN2O4S/c13-7-1-2-8(12(18)19)9(5-7)15-11(17)3-4-20-6-10(14)16/h1-2,5H,3-4,6H2,(H2,14,16)(H,15,17)(H,18,19). The Balaban J connectivity index is 2.59. The number of halogens is 1. The van der Waals surface area contributed by atoms with Crippen LogP contribution in [0.2, 0.25) is 0 Å². The molecule has 8 heteroatoms. The van der Waals surface area contributed by atoms with Gasteiger partial charge >= 0.3 is 5.97 Å². The zero-order valence-electron chi connectivity index (χ0n) is 10.4. The lowest BCUT2D eigenvalue weighted by molar-refractivity contribution is -0.116. The molecular weight excluding hydrogens is 287 g/mol. The van der Waals surface area contributed by atoms with E-state index in [9.17, 15) is 18.8 Å². The quantitative estimate of drug-likeness (QED) is 0.653. The summed E-state index contributed by atoms with van der Waals surface area (Å²) in [6, 6.07) is 3.02. The molecule has 0 atom stereocenters. The predicted molar refractivity (Wildman–Crippen MR) is 73.1 cm³/mol. The summed E-state index contributed by atoms with van der Waals surface area (Å²) in [4.78, 5) is 33.0. The van der Waals surface area contributed by atoms with Crippen LogP contribution in [0.25, 0.3) is 0 Å². The van der Waals surface area contributed by atoms with Gasteiger partial charge in [-0.1, -0.05) is 0 Å². The Morgan fingerprint density at radius 1 is 1.35 bits per heavy atom. The molecule has 0 spiro atoms. The molecule has 0 aliphatic carbocycles. The number of primary amides is 1. The molecule has 0 saturated carbocycles. The van der Waals surface area contributed by atoms with E-state index in [2.05, 4.69) is 5.32 Å². The van der Waals surface area contributed by atoms with Gasteiger partial charge in [0.15, 0.2) is 0 Å². The van der Waals surface area contributed by atoms with Crippen molar-refractivity contribution in [2.24, 2.45) is 5.73 Å². The highest BCUT2D eigenvalue weighted by Crippen LogP contribution is 2.17. The third-order valence-corrected chi connectivity index (χ3v) is 3.19. The number of amides is 2. The molecule has 0 heterocycles.